The maximum Gasteiger partial charge on any atom is 0.246 e. The molecule has 0 spiro atoms. The fourth-order valence-corrected chi connectivity index (χ4v) is 3.46. The van der Waals surface area contributed by atoms with Crippen LogP contribution in [0.25, 0.3) is 0 Å². The van der Waals surface area contributed by atoms with E-state index in [1.807, 2.05) is 19.0 Å². The van der Waals surface area contributed by atoms with Crippen molar-refractivity contribution >= 4 is 15.7 Å². The third-order valence-corrected chi connectivity index (χ3v) is 5.07. The van der Waals surface area contributed by atoms with Crippen molar-refractivity contribution in [3.8, 4) is 0 Å². The number of nitrogen functional groups attached to an aromatic ring is 1. The first-order valence-corrected chi connectivity index (χ1v) is 8.04. The van der Waals surface area contributed by atoms with E-state index in [9.17, 15) is 17.2 Å². The lowest BCUT2D eigenvalue weighted by atomic mass is 10.3. The Kier molecular flexibility index (Phi) is 6.06. The minimum atomic E-state index is -4.03. The van der Waals surface area contributed by atoms with Crippen molar-refractivity contribution in [3.63, 3.8) is 0 Å². The van der Waals surface area contributed by atoms with Crippen molar-refractivity contribution in [2.24, 2.45) is 0 Å². The fourth-order valence-electron chi connectivity index (χ4n) is 1.90. The van der Waals surface area contributed by atoms with Gasteiger partial charge in [0.05, 0.1) is 0 Å². The van der Waals surface area contributed by atoms with Crippen molar-refractivity contribution in [2.45, 2.75) is 18.2 Å². The van der Waals surface area contributed by atoms with Crippen molar-refractivity contribution in [3.05, 3.63) is 23.8 Å². The van der Waals surface area contributed by atoms with Crippen molar-refractivity contribution in [1.29, 1.82) is 0 Å². The van der Waals surface area contributed by atoms with Crippen LogP contribution < -0.4 is 5.73 Å². The maximum absolute atomic E-state index is 13.9. The predicted octanol–water partition coefficient (Wildman–Crippen LogP) is 1.51. The highest BCUT2D eigenvalue weighted by Gasteiger charge is 2.28. The third-order valence-electron chi connectivity index (χ3n) is 3.07. The highest BCUT2D eigenvalue weighted by molar-refractivity contribution is 7.89. The van der Waals surface area contributed by atoms with Crippen LogP contribution in [0.3, 0.4) is 0 Å². The van der Waals surface area contributed by atoms with Gasteiger partial charge in [-0.15, -0.1) is 0 Å². The zero-order valence-electron chi connectivity index (χ0n) is 12.4. The molecule has 0 heterocycles. The Balaban J connectivity index is 3.05. The second kappa shape index (κ2) is 7.15. The number of hydrogen-bond donors (Lipinski definition) is 1. The van der Waals surface area contributed by atoms with E-state index >= 15 is 0 Å². The summed E-state index contributed by atoms with van der Waals surface area (Å²) in [5, 5.41) is 0. The average Bonchev–Trinajstić information content (AvgIpc) is 2.40. The van der Waals surface area contributed by atoms with Gasteiger partial charge in [-0.3, -0.25) is 0 Å². The summed E-state index contributed by atoms with van der Waals surface area (Å²) in [5.74, 6) is -2.21. The van der Waals surface area contributed by atoms with Crippen molar-refractivity contribution < 1.29 is 17.2 Å². The first kappa shape index (κ1) is 17.8. The van der Waals surface area contributed by atoms with Crippen molar-refractivity contribution in [1.82, 2.24) is 9.21 Å². The second-order valence-electron chi connectivity index (χ2n) is 4.93. The van der Waals surface area contributed by atoms with Crippen LogP contribution in [-0.2, 0) is 10.0 Å². The largest absolute Gasteiger partial charge is 0.394 e. The Morgan fingerprint density at radius 1 is 1.19 bits per heavy atom. The van der Waals surface area contributed by atoms with Crippen molar-refractivity contribution in [2.75, 3.05) is 39.5 Å². The number of nitrogens with zero attached hydrogens (tertiary/aromatic N) is 2. The van der Waals surface area contributed by atoms with Crippen LogP contribution in [0.5, 0.6) is 0 Å². The summed E-state index contributed by atoms with van der Waals surface area (Å²) >= 11 is 0. The molecular formula is C13H21F2N3O2S. The predicted molar refractivity (Wildman–Crippen MR) is 78.4 cm³/mol. The Morgan fingerprint density at radius 2 is 1.81 bits per heavy atom. The van der Waals surface area contributed by atoms with E-state index in [1.165, 1.54) is 0 Å². The van der Waals surface area contributed by atoms with Crippen LogP contribution in [0.4, 0.5) is 14.5 Å². The molecule has 0 aliphatic rings. The summed E-state index contributed by atoms with van der Waals surface area (Å²) in [7, 11) is -0.266. The Morgan fingerprint density at radius 3 is 2.33 bits per heavy atom. The van der Waals surface area contributed by atoms with Crippen LogP contribution >= 0.6 is 0 Å². The molecular weight excluding hydrogens is 300 g/mol. The molecule has 0 bridgehead atoms. The molecule has 1 aromatic carbocycles. The Bertz CT molecular complexity index is 591. The highest BCUT2D eigenvalue weighted by atomic mass is 32.2. The quantitative estimate of drug-likeness (QED) is 0.773. The number of halogens is 2. The molecule has 0 saturated heterocycles. The lowest BCUT2D eigenvalue weighted by molar-refractivity contribution is 0.355. The molecule has 0 unspecified atom stereocenters. The summed E-state index contributed by atoms with van der Waals surface area (Å²) < 4.78 is 53.1. The zero-order valence-corrected chi connectivity index (χ0v) is 13.3. The van der Waals surface area contributed by atoms with Crippen LogP contribution in [0, 0.1) is 11.6 Å². The normalized spacial score (nSPS) is 12.3. The summed E-state index contributed by atoms with van der Waals surface area (Å²) in [4.78, 5) is 1.34. The lowest BCUT2D eigenvalue weighted by Crippen LogP contribution is -2.34. The lowest BCUT2D eigenvalue weighted by Gasteiger charge is -2.22. The SMILES string of the molecule is CCN(CCCN(C)C)S(=O)(=O)c1ccc(F)c(N)c1F. The van der Waals surface area contributed by atoms with E-state index in [-0.39, 0.29) is 13.1 Å². The van der Waals surface area contributed by atoms with Gasteiger partial charge in [-0.2, -0.15) is 4.31 Å². The molecule has 1 aromatic rings. The molecule has 0 saturated carbocycles. The van der Waals surface area contributed by atoms with Crippen LogP contribution in [0.15, 0.2) is 17.0 Å². The van der Waals surface area contributed by atoms with E-state index in [0.29, 0.717) is 13.0 Å². The fraction of sp³-hybridized carbons (Fsp3) is 0.538. The van der Waals surface area contributed by atoms with Gasteiger partial charge >= 0.3 is 0 Å². The molecule has 0 atom stereocenters. The van der Waals surface area contributed by atoms with Gasteiger partial charge in [0.15, 0.2) is 5.82 Å². The summed E-state index contributed by atoms with van der Waals surface area (Å²) in [6.45, 7) is 2.83. The molecule has 1 rings (SSSR count). The minimum Gasteiger partial charge on any atom is -0.394 e. The first-order chi connectivity index (χ1) is 9.71. The number of benzene rings is 1. The number of hydrogen-bond acceptors (Lipinski definition) is 4. The van der Waals surface area contributed by atoms with E-state index < -0.39 is 32.2 Å². The van der Waals surface area contributed by atoms with Gasteiger partial charge in [0, 0.05) is 13.1 Å². The highest BCUT2D eigenvalue weighted by Crippen LogP contribution is 2.25. The first-order valence-electron chi connectivity index (χ1n) is 6.60. The molecule has 0 radical (unpaired) electrons. The average molecular weight is 321 g/mol. The smallest absolute Gasteiger partial charge is 0.246 e. The molecule has 0 amide bonds. The van der Waals surface area contributed by atoms with E-state index in [2.05, 4.69) is 0 Å². The van der Waals surface area contributed by atoms with Gasteiger partial charge < -0.3 is 10.6 Å². The molecule has 0 aliphatic carbocycles. The molecule has 8 heteroatoms. The van der Waals surface area contributed by atoms with Gasteiger partial charge in [0.25, 0.3) is 0 Å². The second-order valence-corrected chi connectivity index (χ2v) is 6.83. The number of sulfonamides is 1. The number of rotatable bonds is 7. The van der Waals surface area contributed by atoms with Gasteiger partial charge in [0.1, 0.15) is 16.4 Å². The molecule has 0 aromatic heterocycles. The zero-order chi connectivity index (χ0) is 16.2. The molecule has 21 heavy (non-hydrogen) atoms. The van der Waals surface area contributed by atoms with Gasteiger partial charge in [-0.05, 0) is 39.2 Å². The summed E-state index contributed by atoms with van der Waals surface area (Å²) in [6, 6.07) is 1.77. The minimum absolute atomic E-state index is 0.201. The Labute approximate surface area is 124 Å². The molecule has 0 aliphatic heterocycles. The molecule has 0 fully saturated rings. The van der Waals surface area contributed by atoms with Crippen LogP contribution in [0.1, 0.15) is 13.3 Å². The summed E-state index contributed by atoms with van der Waals surface area (Å²) in [5.41, 5.74) is 4.44. The van der Waals surface area contributed by atoms with Crippen LogP contribution in [-0.4, -0.2) is 51.4 Å². The third kappa shape index (κ3) is 4.12. The van der Waals surface area contributed by atoms with E-state index in [0.717, 1.165) is 16.4 Å². The molecule has 5 nitrogen and oxygen atoms in total. The van der Waals surface area contributed by atoms with E-state index in [1.54, 1.807) is 6.92 Å². The standard InChI is InChI=1S/C13H21F2N3O2S/c1-4-18(9-5-8-17(2)3)21(19,20)11-7-6-10(14)13(16)12(11)15/h6-7H,4-5,8-9,16H2,1-3H3. The summed E-state index contributed by atoms with van der Waals surface area (Å²) in [6.07, 6.45) is 0.609. The molecule has 2 N–H and O–H groups in total. The van der Waals surface area contributed by atoms with Gasteiger partial charge in [0.2, 0.25) is 10.0 Å². The van der Waals surface area contributed by atoms with Gasteiger partial charge in [-0.25, -0.2) is 17.2 Å². The van der Waals surface area contributed by atoms with Crippen LogP contribution in [0.2, 0.25) is 0 Å². The topological polar surface area (TPSA) is 66.6 Å². The van der Waals surface area contributed by atoms with E-state index in [4.69, 9.17) is 5.73 Å². The number of anilines is 1. The molecule has 120 valence electrons. The number of nitrogens with two attached hydrogens (primary N) is 1. The Hall–Kier alpha value is -1.25. The monoisotopic (exact) mass is 321 g/mol. The maximum atomic E-state index is 13.9. The van der Waals surface area contributed by atoms with Gasteiger partial charge in [-0.1, -0.05) is 6.92 Å².